The zero-order chi connectivity index (χ0) is 20.2. The van der Waals surface area contributed by atoms with Gasteiger partial charge in [-0.1, -0.05) is 12.1 Å². The number of carbonyl (C=O) groups excluding carboxylic acids is 2. The first kappa shape index (κ1) is 18.5. The number of rotatable bonds is 5. The van der Waals surface area contributed by atoms with Crippen LogP contribution in [0, 0.1) is 5.92 Å². The van der Waals surface area contributed by atoms with Crippen molar-refractivity contribution in [1.82, 2.24) is 25.0 Å². The Morgan fingerprint density at radius 3 is 2.62 bits per heavy atom. The minimum absolute atomic E-state index is 0.143. The van der Waals surface area contributed by atoms with Crippen molar-refractivity contribution in [3.05, 3.63) is 54.6 Å². The van der Waals surface area contributed by atoms with Gasteiger partial charge in [-0.05, 0) is 37.1 Å². The number of hydrogen-bond donors (Lipinski definition) is 2. The van der Waals surface area contributed by atoms with Crippen molar-refractivity contribution in [2.45, 2.75) is 12.8 Å². The molecule has 3 heterocycles. The number of para-hydroxylation sites is 1. The van der Waals surface area contributed by atoms with Gasteiger partial charge in [-0.15, -0.1) is 10.2 Å². The summed E-state index contributed by atoms with van der Waals surface area (Å²) in [4.78, 5) is 30.3. The number of aromatic nitrogens is 5. The van der Waals surface area contributed by atoms with Crippen LogP contribution in [0.3, 0.4) is 0 Å². The van der Waals surface area contributed by atoms with Gasteiger partial charge in [0, 0.05) is 13.1 Å². The quantitative estimate of drug-likeness (QED) is 0.662. The van der Waals surface area contributed by atoms with Crippen molar-refractivity contribution in [3.63, 3.8) is 0 Å². The first-order valence-electron chi connectivity index (χ1n) is 9.25. The lowest BCUT2D eigenvalue weighted by Crippen LogP contribution is -2.41. The summed E-state index contributed by atoms with van der Waals surface area (Å²) in [6.07, 6.45) is 4.59. The fourth-order valence-corrected chi connectivity index (χ4v) is 3.38. The number of amides is 2. The van der Waals surface area contributed by atoms with Gasteiger partial charge in [0.05, 0.1) is 17.2 Å². The van der Waals surface area contributed by atoms with E-state index >= 15 is 0 Å². The van der Waals surface area contributed by atoms with E-state index in [9.17, 15) is 9.59 Å². The monoisotopic (exact) mass is 392 g/mol. The highest BCUT2D eigenvalue weighted by molar-refractivity contribution is 6.03. The van der Waals surface area contributed by atoms with Gasteiger partial charge >= 0.3 is 0 Å². The fraction of sp³-hybridized carbons (Fsp3) is 0.263. The third kappa shape index (κ3) is 4.05. The molecule has 0 aliphatic carbocycles. The van der Waals surface area contributed by atoms with Crippen molar-refractivity contribution >= 4 is 23.3 Å². The van der Waals surface area contributed by atoms with Crippen LogP contribution in [-0.2, 0) is 4.79 Å². The Morgan fingerprint density at radius 1 is 1.10 bits per heavy atom. The number of primary amides is 1. The highest BCUT2D eigenvalue weighted by atomic mass is 16.2. The molecule has 10 heteroatoms. The van der Waals surface area contributed by atoms with Crippen molar-refractivity contribution in [3.8, 4) is 5.82 Å². The summed E-state index contributed by atoms with van der Waals surface area (Å²) in [6.45, 7) is 1.31. The predicted octanol–water partition coefficient (Wildman–Crippen LogP) is 1.01. The van der Waals surface area contributed by atoms with Crippen LogP contribution in [0.5, 0.6) is 0 Å². The summed E-state index contributed by atoms with van der Waals surface area (Å²) in [7, 11) is 0. The molecule has 29 heavy (non-hydrogen) atoms. The lowest BCUT2D eigenvalue weighted by molar-refractivity contribution is -0.120. The number of anilines is 2. The zero-order valence-corrected chi connectivity index (χ0v) is 15.6. The van der Waals surface area contributed by atoms with E-state index in [-0.39, 0.29) is 11.8 Å². The molecular weight excluding hydrogens is 372 g/mol. The van der Waals surface area contributed by atoms with Gasteiger partial charge in [-0.2, -0.15) is 5.10 Å². The molecule has 1 aliphatic heterocycles. The fourth-order valence-electron chi connectivity index (χ4n) is 3.38. The van der Waals surface area contributed by atoms with E-state index in [1.165, 1.54) is 11.0 Å². The van der Waals surface area contributed by atoms with Crippen LogP contribution in [0.1, 0.15) is 23.2 Å². The number of hydrogen-bond acceptors (Lipinski definition) is 7. The van der Waals surface area contributed by atoms with E-state index in [4.69, 9.17) is 5.73 Å². The van der Waals surface area contributed by atoms with E-state index < -0.39 is 5.91 Å². The molecule has 0 saturated carbocycles. The van der Waals surface area contributed by atoms with Crippen LogP contribution in [0.25, 0.3) is 5.82 Å². The van der Waals surface area contributed by atoms with Crippen LogP contribution in [-0.4, -0.2) is 49.9 Å². The van der Waals surface area contributed by atoms with Crippen molar-refractivity contribution in [2.75, 3.05) is 23.3 Å². The molecule has 2 aromatic heterocycles. The van der Waals surface area contributed by atoms with Crippen molar-refractivity contribution < 1.29 is 9.59 Å². The van der Waals surface area contributed by atoms with Gasteiger partial charge in [0.25, 0.3) is 5.91 Å². The van der Waals surface area contributed by atoms with E-state index in [0.29, 0.717) is 29.4 Å². The van der Waals surface area contributed by atoms with Gasteiger partial charge in [0.1, 0.15) is 12.7 Å². The maximum atomic E-state index is 12.8. The van der Waals surface area contributed by atoms with Gasteiger partial charge in [0.2, 0.25) is 5.91 Å². The van der Waals surface area contributed by atoms with Crippen molar-refractivity contribution in [1.29, 1.82) is 0 Å². The van der Waals surface area contributed by atoms with Gasteiger partial charge in [-0.25, -0.2) is 9.67 Å². The molecule has 10 nitrogen and oxygen atoms in total. The molecule has 0 radical (unpaired) electrons. The summed E-state index contributed by atoms with van der Waals surface area (Å²) in [5.41, 5.74) is 6.11. The molecule has 4 rings (SSSR count). The smallest absolute Gasteiger partial charge is 0.250 e. The molecule has 3 aromatic rings. The summed E-state index contributed by atoms with van der Waals surface area (Å²) in [5, 5.41) is 15.3. The molecule has 1 aliphatic rings. The van der Waals surface area contributed by atoms with Crippen molar-refractivity contribution in [2.24, 2.45) is 11.7 Å². The second-order valence-electron chi connectivity index (χ2n) is 6.77. The van der Waals surface area contributed by atoms with Gasteiger partial charge in [0.15, 0.2) is 11.6 Å². The van der Waals surface area contributed by atoms with E-state index in [1.807, 2.05) is 17.0 Å². The van der Waals surface area contributed by atoms with Crippen LogP contribution in [0.2, 0.25) is 0 Å². The van der Waals surface area contributed by atoms with E-state index in [2.05, 4.69) is 25.6 Å². The molecule has 2 amide bonds. The molecular formula is C19H20N8O2. The molecule has 0 spiro atoms. The number of benzene rings is 1. The Hall–Kier alpha value is -3.82. The van der Waals surface area contributed by atoms with Crippen LogP contribution >= 0.6 is 0 Å². The molecule has 148 valence electrons. The minimum Gasteiger partial charge on any atom is -0.366 e. The van der Waals surface area contributed by atoms with Gasteiger partial charge < -0.3 is 16.0 Å². The third-order valence-corrected chi connectivity index (χ3v) is 4.86. The summed E-state index contributed by atoms with van der Waals surface area (Å²) < 4.78 is 1.53. The number of nitrogens with two attached hydrogens (primary N) is 1. The molecule has 0 bridgehead atoms. The van der Waals surface area contributed by atoms with Gasteiger partial charge in [-0.3, -0.25) is 9.59 Å². The normalized spacial score (nSPS) is 16.4. The minimum atomic E-state index is -0.575. The standard InChI is InChI=1S/C19H20N8O2/c20-18(28)14-5-1-2-6-15(14)23-19(29)13-4-3-9-26(10-13)16-7-8-17(25-24-16)27-12-21-11-22-27/h1-2,5-8,11-13H,3-4,9-10H2,(H2,20,28)(H,23,29)/t13-/m0/s1. The number of piperidine rings is 1. The lowest BCUT2D eigenvalue weighted by Gasteiger charge is -2.32. The highest BCUT2D eigenvalue weighted by Crippen LogP contribution is 2.24. The lowest BCUT2D eigenvalue weighted by atomic mass is 9.96. The van der Waals surface area contributed by atoms with Crippen LogP contribution in [0.15, 0.2) is 49.1 Å². The number of nitrogens with one attached hydrogen (secondary N) is 1. The first-order chi connectivity index (χ1) is 14.1. The molecule has 3 N–H and O–H groups in total. The summed E-state index contributed by atoms with van der Waals surface area (Å²) >= 11 is 0. The highest BCUT2D eigenvalue weighted by Gasteiger charge is 2.27. The Kier molecular flexibility index (Phi) is 5.14. The topological polar surface area (TPSA) is 132 Å². The Balaban J connectivity index is 1.44. The maximum absolute atomic E-state index is 12.8. The number of nitrogens with zero attached hydrogens (tertiary/aromatic N) is 6. The zero-order valence-electron chi connectivity index (χ0n) is 15.6. The largest absolute Gasteiger partial charge is 0.366 e. The molecule has 1 fully saturated rings. The summed E-state index contributed by atoms with van der Waals surface area (Å²) in [6, 6.07) is 10.4. The molecule has 1 atom stereocenters. The second-order valence-corrected chi connectivity index (χ2v) is 6.77. The van der Waals surface area contributed by atoms with Crippen LogP contribution < -0.4 is 16.0 Å². The predicted molar refractivity (Wildman–Crippen MR) is 105 cm³/mol. The summed E-state index contributed by atoms with van der Waals surface area (Å²) in [5.74, 6) is 0.315. The molecule has 1 aromatic carbocycles. The maximum Gasteiger partial charge on any atom is 0.250 e. The SMILES string of the molecule is NC(=O)c1ccccc1NC(=O)[C@H]1CCCN(c2ccc(-n3cncn3)nn2)C1. The molecule has 0 unspecified atom stereocenters. The molecule has 1 saturated heterocycles. The Morgan fingerprint density at radius 2 is 1.90 bits per heavy atom. The Labute approximate surface area is 166 Å². The average molecular weight is 392 g/mol. The van der Waals surface area contributed by atoms with Crippen LogP contribution in [0.4, 0.5) is 11.5 Å². The van der Waals surface area contributed by atoms with E-state index in [1.54, 1.807) is 30.6 Å². The Bertz CT molecular complexity index is 1000. The third-order valence-electron chi connectivity index (χ3n) is 4.86. The second kappa shape index (κ2) is 8.05. The number of carbonyl (C=O) groups is 2. The van der Waals surface area contributed by atoms with E-state index in [0.717, 1.165) is 19.4 Å². The first-order valence-corrected chi connectivity index (χ1v) is 9.25. The average Bonchev–Trinajstić information content (AvgIpc) is 3.29.